The van der Waals surface area contributed by atoms with E-state index >= 15 is 0 Å². The molecule has 0 radical (unpaired) electrons. The monoisotopic (exact) mass is 573 g/mol. The van der Waals surface area contributed by atoms with Crippen LogP contribution in [-0.4, -0.2) is 66.2 Å². The van der Waals surface area contributed by atoms with Crippen LogP contribution in [0.5, 0.6) is 5.75 Å². The zero-order valence-electron chi connectivity index (χ0n) is 21.8. The maximum absolute atomic E-state index is 13.6. The number of hydrogen-bond donors (Lipinski definition) is 2. The molecule has 9 nitrogen and oxygen atoms in total. The molecule has 2 aliphatic rings. The van der Waals surface area contributed by atoms with E-state index in [0.717, 1.165) is 12.8 Å². The van der Waals surface area contributed by atoms with Crippen molar-refractivity contribution in [2.24, 2.45) is 5.92 Å². The number of carbonyl (C=O) groups is 1. The standard InChI is InChI=1S/C25H34ClF2N5O4S/c1-4-33-23(18-14-29-20(11-19(18)37-2)31-16-9-10-25(27,28)12-16)21(26)22(32-33)24(34)30-13-15-5-7-17(8-6-15)38(3,35)36/h11,14-17H,4-10,12-13H2,1-3H3,(H,29,31)(H,30,34)/t15-,16-,17-/m0/s1. The molecular weight excluding hydrogens is 540 g/mol. The zero-order valence-corrected chi connectivity index (χ0v) is 23.3. The number of halogens is 3. The Bertz CT molecular complexity index is 1280. The number of hydrogen-bond acceptors (Lipinski definition) is 7. The SMILES string of the molecule is CCn1nc(C(=O)NC[C@H]2CC[C@H](S(C)(=O)=O)CC2)c(Cl)c1-c1cnc(N[C@H]2CCC(F)(F)C2)cc1OC. The molecule has 2 saturated carbocycles. The van der Waals surface area contributed by atoms with Crippen LogP contribution in [0.2, 0.25) is 5.02 Å². The smallest absolute Gasteiger partial charge is 0.273 e. The number of sulfone groups is 1. The summed E-state index contributed by atoms with van der Waals surface area (Å²) in [7, 11) is -1.56. The molecule has 2 N–H and O–H groups in total. The minimum atomic E-state index is -3.05. The van der Waals surface area contributed by atoms with Crippen molar-refractivity contribution in [2.75, 3.05) is 25.2 Å². The Morgan fingerprint density at radius 1 is 1.26 bits per heavy atom. The van der Waals surface area contributed by atoms with Crippen molar-refractivity contribution in [1.29, 1.82) is 0 Å². The number of rotatable bonds is 9. The third kappa shape index (κ3) is 6.39. The summed E-state index contributed by atoms with van der Waals surface area (Å²) in [5.74, 6) is -2.07. The minimum absolute atomic E-state index is 0.0748. The molecule has 2 aromatic rings. The van der Waals surface area contributed by atoms with Crippen LogP contribution >= 0.6 is 11.6 Å². The summed E-state index contributed by atoms with van der Waals surface area (Å²) < 4.78 is 57.9. The van der Waals surface area contributed by atoms with Gasteiger partial charge in [0.1, 0.15) is 21.4 Å². The van der Waals surface area contributed by atoms with E-state index in [1.165, 1.54) is 19.6 Å². The molecule has 2 aliphatic carbocycles. The lowest BCUT2D eigenvalue weighted by molar-refractivity contribution is 0.00851. The average Bonchev–Trinajstić information content (AvgIpc) is 3.39. The zero-order chi connectivity index (χ0) is 27.7. The second-order valence-electron chi connectivity index (χ2n) is 10.2. The molecule has 0 unspecified atom stereocenters. The third-order valence-corrected chi connectivity index (χ3v) is 9.50. The van der Waals surface area contributed by atoms with E-state index in [0.29, 0.717) is 55.2 Å². The van der Waals surface area contributed by atoms with Gasteiger partial charge in [0.25, 0.3) is 5.91 Å². The minimum Gasteiger partial charge on any atom is -0.496 e. The third-order valence-electron chi connectivity index (χ3n) is 7.46. The molecule has 0 aliphatic heterocycles. The molecule has 1 amide bonds. The highest BCUT2D eigenvalue weighted by Gasteiger charge is 2.39. The van der Waals surface area contributed by atoms with Crippen LogP contribution in [0.1, 0.15) is 62.4 Å². The first-order valence-electron chi connectivity index (χ1n) is 12.8. The quantitative estimate of drug-likeness (QED) is 0.452. The highest BCUT2D eigenvalue weighted by Crippen LogP contribution is 2.39. The lowest BCUT2D eigenvalue weighted by atomic mass is 9.89. The normalized spacial score (nSPS) is 23.3. The van der Waals surface area contributed by atoms with E-state index < -0.39 is 21.7 Å². The number of anilines is 1. The second-order valence-corrected chi connectivity index (χ2v) is 12.9. The van der Waals surface area contributed by atoms with Crippen molar-refractivity contribution in [3.63, 3.8) is 0 Å². The largest absolute Gasteiger partial charge is 0.496 e. The van der Waals surface area contributed by atoms with E-state index in [9.17, 15) is 22.0 Å². The number of pyridine rings is 1. The Morgan fingerprint density at radius 3 is 2.55 bits per heavy atom. The highest BCUT2D eigenvalue weighted by molar-refractivity contribution is 7.91. The lowest BCUT2D eigenvalue weighted by Crippen LogP contribution is -2.34. The van der Waals surface area contributed by atoms with Crippen LogP contribution in [0.4, 0.5) is 14.6 Å². The Morgan fingerprint density at radius 2 is 1.97 bits per heavy atom. The summed E-state index contributed by atoms with van der Waals surface area (Å²) in [6.07, 6.45) is 5.39. The summed E-state index contributed by atoms with van der Waals surface area (Å²) in [5.41, 5.74) is 1.06. The highest BCUT2D eigenvalue weighted by atomic mass is 35.5. The fraction of sp³-hybridized carbons (Fsp3) is 0.640. The van der Waals surface area contributed by atoms with Crippen LogP contribution in [0.3, 0.4) is 0 Å². The molecular formula is C25H34ClF2N5O4S. The molecule has 0 aromatic carbocycles. The Balaban J connectivity index is 1.47. The van der Waals surface area contributed by atoms with Gasteiger partial charge < -0.3 is 15.4 Å². The number of nitrogens with one attached hydrogen (secondary N) is 2. The Labute approximate surface area is 226 Å². The van der Waals surface area contributed by atoms with E-state index in [1.54, 1.807) is 10.7 Å². The van der Waals surface area contributed by atoms with E-state index in [4.69, 9.17) is 16.3 Å². The van der Waals surface area contributed by atoms with Crippen LogP contribution in [0, 0.1) is 5.92 Å². The number of aromatic nitrogens is 3. The van der Waals surface area contributed by atoms with E-state index in [-0.39, 0.29) is 40.8 Å². The number of ether oxygens (including phenoxy) is 1. The number of nitrogens with zero attached hydrogens (tertiary/aromatic N) is 3. The second kappa shape index (κ2) is 11.3. The van der Waals surface area contributed by atoms with Gasteiger partial charge in [-0.2, -0.15) is 5.10 Å². The number of amides is 1. The number of aryl methyl sites for hydroxylation is 1. The molecule has 210 valence electrons. The fourth-order valence-corrected chi connectivity index (χ4v) is 6.75. The van der Waals surface area contributed by atoms with Gasteiger partial charge in [0.2, 0.25) is 5.92 Å². The molecule has 2 aromatic heterocycles. The molecule has 0 bridgehead atoms. The lowest BCUT2D eigenvalue weighted by Gasteiger charge is -2.27. The molecule has 1 atom stereocenters. The van der Waals surface area contributed by atoms with Crippen molar-refractivity contribution in [1.82, 2.24) is 20.1 Å². The van der Waals surface area contributed by atoms with Crippen molar-refractivity contribution < 1.29 is 26.7 Å². The predicted octanol–water partition coefficient (Wildman–Crippen LogP) is 4.56. The van der Waals surface area contributed by atoms with Gasteiger partial charge >= 0.3 is 0 Å². The summed E-state index contributed by atoms with van der Waals surface area (Å²) in [6.45, 7) is 2.70. The number of methoxy groups -OCH3 is 1. The molecule has 2 fully saturated rings. The summed E-state index contributed by atoms with van der Waals surface area (Å²) in [4.78, 5) is 17.4. The predicted molar refractivity (Wildman–Crippen MR) is 142 cm³/mol. The maximum atomic E-state index is 13.6. The molecule has 13 heteroatoms. The van der Waals surface area contributed by atoms with Crippen molar-refractivity contribution in [3.05, 3.63) is 23.0 Å². The molecule has 0 saturated heterocycles. The van der Waals surface area contributed by atoms with Crippen LogP contribution < -0.4 is 15.4 Å². The fourth-order valence-electron chi connectivity index (χ4n) is 5.30. The van der Waals surface area contributed by atoms with Gasteiger partial charge in [0.15, 0.2) is 5.69 Å². The van der Waals surface area contributed by atoms with Crippen LogP contribution in [0.25, 0.3) is 11.3 Å². The summed E-state index contributed by atoms with van der Waals surface area (Å²) >= 11 is 6.67. The molecule has 2 heterocycles. The van der Waals surface area contributed by atoms with Gasteiger partial charge in [-0.3, -0.25) is 9.48 Å². The molecule has 4 rings (SSSR count). The average molecular weight is 574 g/mol. The Kier molecular flexibility index (Phi) is 8.51. The van der Waals surface area contributed by atoms with Gasteiger partial charge in [-0.25, -0.2) is 22.2 Å². The number of carbonyl (C=O) groups excluding carboxylic acids is 1. The van der Waals surface area contributed by atoms with Crippen molar-refractivity contribution in [3.8, 4) is 17.0 Å². The first kappa shape index (κ1) is 28.5. The van der Waals surface area contributed by atoms with Crippen molar-refractivity contribution in [2.45, 2.75) is 75.6 Å². The number of alkyl halides is 2. The van der Waals surface area contributed by atoms with Gasteiger partial charge in [0, 0.05) is 50.5 Å². The van der Waals surface area contributed by atoms with E-state index in [2.05, 4.69) is 20.7 Å². The maximum Gasteiger partial charge on any atom is 0.273 e. The summed E-state index contributed by atoms with van der Waals surface area (Å²) in [5, 5.41) is 10.2. The summed E-state index contributed by atoms with van der Waals surface area (Å²) in [6, 6.07) is 1.25. The molecule has 38 heavy (non-hydrogen) atoms. The topological polar surface area (TPSA) is 115 Å². The van der Waals surface area contributed by atoms with Crippen LogP contribution in [0.15, 0.2) is 12.3 Å². The first-order valence-corrected chi connectivity index (χ1v) is 15.2. The van der Waals surface area contributed by atoms with Crippen LogP contribution in [-0.2, 0) is 16.4 Å². The van der Waals surface area contributed by atoms with Gasteiger partial charge in [-0.05, 0) is 44.9 Å². The first-order chi connectivity index (χ1) is 17.9. The van der Waals surface area contributed by atoms with Crippen molar-refractivity contribution >= 4 is 33.2 Å². The molecule has 0 spiro atoms. The Hall–Kier alpha value is -2.47. The van der Waals surface area contributed by atoms with Gasteiger partial charge in [0.05, 0.1) is 28.6 Å². The van der Waals surface area contributed by atoms with E-state index in [1.807, 2.05) is 6.92 Å². The van der Waals surface area contributed by atoms with Gasteiger partial charge in [-0.15, -0.1) is 0 Å². The van der Waals surface area contributed by atoms with Gasteiger partial charge in [-0.1, -0.05) is 11.6 Å².